The van der Waals surface area contributed by atoms with Crippen LogP contribution in [-0.4, -0.2) is 30.4 Å². The van der Waals surface area contributed by atoms with Gasteiger partial charge in [-0.15, -0.1) is 10.5 Å². The van der Waals surface area contributed by atoms with Crippen LogP contribution in [0.5, 0.6) is 11.5 Å². The monoisotopic (exact) mass is 817 g/mol. The van der Waals surface area contributed by atoms with Crippen molar-refractivity contribution in [1.29, 1.82) is 10.5 Å². The molecule has 0 fully saturated rings. The molecule has 6 aromatic carbocycles. The molecule has 0 aliphatic carbocycles. The Morgan fingerprint density at radius 3 is 1.27 bits per heavy atom. The van der Waals surface area contributed by atoms with E-state index in [-0.39, 0.29) is 0 Å². The van der Waals surface area contributed by atoms with Gasteiger partial charge in [0.15, 0.2) is 0 Å². The Kier molecular flexibility index (Phi) is 16.1. The van der Waals surface area contributed by atoms with Crippen molar-refractivity contribution in [3.63, 3.8) is 0 Å². The van der Waals surface area contributed by atoms with Crippen molar-refractivity contribution < 1.29 is 33.4 Å². The molecule has 0 heterocycles. The molecular formula is C48H31N7O7. The van der Waals surface area contributed by atoms with Gasteiger partial charge in [0.25, 0.3) is 12.5 Å². The predicted molar refractivity (Wildman–Crippen MR) is 226 cm³/mol. The molecule has 0 bridgehead atoms. The third-order valence-corrected chi connectivity index (χ3v) is 9.22. The highest BCUT2D eigenvalue weighted by Gasteiger charge is 2.13. The summed E-state index contributed by atoms with van der Waals surface area (Å²) in [5.41, 5.74) is 10.5. The van der Waals surface area contributed by atoms with Crippen LogP contribution in [0.4, 0.5) is 28.4 Å². The average molecular weight is 818 g/mol. The summed E-state index contributed by atoms with van der Waals surface area (Å²) in [6, 6.07) is 36.0. The molecule has 14 nitrogen and oxygen atoms in total. The number of rotatable bonds is 15. The summed E-state index contributed by atoms with van der Waals surface area (Å²) in [6.45, 7) is 1.79. The van der Waals surface area contributed by atoms with Crippen LogP contribution in [0.15, 0.2) is 146 Å². The highest BCUT2D eigenvalue weighted by atomic mass is 16.5. The minimum atomic E-state index is 0.314. The second-order valence-electron chi connectivity index (χ2n) is 13.3. The van der Waals surface area contributed by atoms with Gasteiger partial charge in [-0.25, -0.2) is 24.0 Å². The molecule has 0 saturated heterocycles. The lowest BCUT2D eigenvalue weighted by Crippen LogP contribution is -1.96. The second-order valence-corrected chi connectivity index (χ2v) is 13.3. The zero-order valence-corrected chi connectivity index (χ0v) is 32.9. The molecule has 0 aliphatic heterocycles. The van der Waals surface area contributed by atoms with Crippen molar-refractivity contribution in [3.8, 4) is 24.0 Å². The standard InChI is InChI=1S/C25H16N4O4.C23H15N3O3/c1-17-8-20(24(29-16-32)12-25(17)33-13-26)10-19-4-7-23(28-15-31)21(11-19)9-18-2-5-22(6-3-18)27-14-30;24-14-29-22-8-3-17(4-9-22)11-19-5-10-23(26-16-28)20(13-19)12-18-1-6-21(7-2-18)25-15-27/h2-8,11-12H,9-10H2,1H3;1-10,13H,11-12H2. The Bertz CT molecular complexity index is 2900. The second kappa shape index (κ2) is 22.7. The molecule has 0 spiro atoms. The number of hydrogen-bond acceptors (Lipinski definition) is 14. The maximum atomic E-state index is 10.9. The van der Waals surface area contributed by atoms with E-state index >= 15 is 0 Å². The number of isocyanates is 5. The first-order valence-corrected chi connectivity index (χ1v) is 18.4. The lowest BCUT2D eigenvalue weighted by atomic mass is 9.96. The van der Waals surface area contributed by atoms with Crippen molar-refractivity contribution in [3.05, 3.63) is 171 Å². The van der Waals surface area contributed by atoms with Crippen LogP contribution >= 0.6 is 0 Å². The third kappa shape index (κ3) is 12.6. The van der Waals surface area contributed by atoms with Crippen molar-refractivity contribution in [2.24, 2.45) is 25.0 Å². The van der Waals surface area contributed by atoms with Gasteiger partial charge in [0.2, 0.25) is 30.4 Å². The fourth-order valence-corrected chi connectivity index (χ4v) is 6.39. The van der Waals surface area contributed by atoms with E-state index in [1.807, 2.05) is 60.7 Å². The van der Waals surface area contributed by atoms with Crippen LogP contribution in [-0.2, 0) is 49.7 Å². The van der Waals surface area contributed by atoms with E-state index in [9.17, 15) is 24.0 Å². The fraction of sp³-hybridized carbons (Fsp3) is 0.104. The van der Waals surface area contributed by atoms with E-state index in [1.54, 1.807) is 86.2 Å². The van der Waals surface area contributed by atoms with Crippen LogP contribution in [0.3, 0.4) is 0 Å². The van der Waals surface area contributed by atoms with Gasteiger partial charge >= 0.3 is 0 Å². The Morgan fingerprint density at radius 1 is 0.419 bits per heavy atom. The normalized spacial score (nSPS) is 9.60. The molecule has 0 N–H and O–H groups in total. The summed E-state index contributed by atoms with van der Waals surface area (Å²) < 4.78 is 9.71. The number of carbonyl (C=O) groups excluding carboxylic acids is 5. The maximum absolute atomic E-state index is 10.9. The minimum absolute atomic E-state index is 0.314. The zero-order chi connectivity index (χ0) is 44.1. The van der Waals surface area contributed by atoms with Crippen LogP contribution in [0.25, 0.3) is 0 Å². The van der Waals surface area contributed by atoms with E-state index < -0.39 is 0 Å². The van der Waals surface area contributed by atoms with Crippen LogP contribution in [0.2, 0.25) is 0 Å². The smallest absolute Gasteiger partial charge is 0.292 e. The first-order valence-electron chi connectivity index (χ1n) is 18.4. The van der Waals surface area contributed by atoms with Crippen molar-refractivity contribution >= 4 is 58.8 Å². The lowest BCUT2D eigenvalue weighted by Gasteiger charge is -2.12. The van der Waals surface area contributed by atoms with Crippen molar-refractivity contribution in [2.45, 2.75) is 32.6 Å². The van der Waals surface area contributed by atoms with Gasteiger partial charge in [-0.2, -0.15) is 25.0 Å². The molecule has 6 aromatic rings. The number of hydrogen-bond donors (Lipinski definition) is 0. The third-order valence-electron chi connectivity index (χ3n) is 9.22. The van der Waals surface area contributed by atoms with Gasteiger partial charge in [-0.3, -0.25) is 0 Å². The van der Waals surface area contributed by atoms with Gasteiger partial charge in [0.05, 0.1) is 28.4 Å². The molecule has 0 aromatic heterocycles. The topological polar surface area (TPSA) is 213 Å². The van der Waals surface area contributed by atoms with Crippen LogP contribution in [0.1, 0.15) is 50.1 Å². The Labute approximate surface area is 354 Å². The molecule has 300 valence electrons. The van der Waals surface area contributed by atoms with Gasteiger partial charge in [-0.1, -0.05) is 60.7 Å². The zero-order valence-electron chi connectivity index (χ0n) is 32.9. The highest BCUT2D eigenvalue weighted by molar-refractivity contribution is 5.62. The van der Waals surface area contributed by atoms with Crippen LogP contribution in [0, 0.1) is 30.0 Å². The number of benzene rings is 6. The van der Waals surface area contributed by atoms with Crippen molar-refractivity contribution in [2.75, 3.05) is 0 Å². The van der Waals surface area contributed by atoms with Gasteiger partial charge in [0.1, 0.15) is 11.5 Å². The summed E-state index contributed by atoms with van der Waals surface area (Å²) in [7, 11) is 0. The molecule has 0 saturated carbocycles. The van der Waals surface area contributed by atoms with E-state index in [4.69, 9.17) is 20.0 Å². The maximum Gasteiger partial charge on any atom is 0.292 e. The van der Waals surface area contributed by atoms with Gasteiger partial charge < -0.3 is 9.47 Å². The largest absolute Gasteiger partial charge is 0.388 e. The lowest BCUT2D eigenvalue weighted by molar-refractivity contribution is 0.503. The quantitative estimate of drug-likeness (QED) is 0.0547. The number of aliphatic imine (C=N–C) groups is 5. The van der Waals surface area contributed by atoms with Gasteiger partial charge in [-0.05, 0) is 137 Å². The molecule has 0 unspecified atom stereocenters. The molecule has 6 rings (SSSR count). The average Bonchev–Trinajstić information content (AvgIpc) is 3.27. The summed E-state index contributed by atoms with van der Waals surface area (Å²) in [4.78, 5) is 71.8. The van der Waals surface area contributed by atoms with Gasteiger partial charge in [0, 0.05) is 6.07 Å². The molecule has 62 heavy (non-hydrogen) atoms. The number of aryl methyl sites for hydroxylation is 1. The van der Waals surface area contributed by atoms with Crippen LogP contribution < -0.4 is 9.47 Å². The molecule has 0 amide bonds. The van der Waals surface area contributed by atoms with E-state index in [2.05, 4.69) is 25.0 Å². The molecular weight excluding hydrogens is 787 g/mol. The summed E-state index contributed by atoms with van der Waals surface area (Å²) in [5, 5.41) is 17.4. The first kappa shape index (κ1) is 43.9. The Balaban J connectivity index is 0.000000236. The van der Waals surface area contributed by atoms with E-state index in [0.717, 1.165) is 50.1 Å². The number of nitriles is 2. The Hall–Kier alpha value is -9.20. The fourth-order valence-electron chi connectivity index (χ4n) is 6.39. The SMILES string of the molecule is Cc1cc(Cc2ccc(N=C=O)c(Cc3ccc(N=C=O)cc3)c2)c(N=C=O)cc1OC#N.N#COc1ccc(Cc2ccc(N=C=O)c(Cc3ccc(N=C=O)cc3)c2)cc1. The molecule has 0 aliphatic rings. The summed E-state index contributed by atoms with van der Waals surface area (Å²) >= 11 is 0. The Morgan fingerprint density at radius 2 is 0.806 bits per heavy atom. The summed E-state index contributed by atoms with van der Waals surface area (Å²) in [5.74, 6) is 0.809. The first-order chi connectivity index (χ1) is 30.3. The number of nitrogens with zero attached hydrogens (tertiary/aromatic N) is 7. The molecule has 0 atom stereocenters. The molecule has 0 radical (unpaired) electrons. The predicted octanol–water partition coefficient (Wildman–Crippen LogP) is 9.60. The summed E-state index contributed by atoms with van der Waals surface area (Å²) in [6.07, 6.45) is 13.1. The number of ether oxygens (including phenoxy) is 2. The minimum Gasteiger partial charge on any atom is -0.388 e. The van der Waals surface area contributed by atoms with E-state index in [0.29, 0.717) is 65.6 Å². The molecule has 14 heteroatoms. The van der Waals surface area contributed by atoms with Crippen molar-refractivity contribution in [1.82, 2.24) is 0 Å². The van der Waals surface area contributed by atoms with E-state index in [1.165, 1.54) is 24.3 Å². The highest BCUT2D eigenvalue weighted by Crippen LogP contribution is 2.32.